The molecule has 2 N–H and O–H groups in total. The third-order valence-corrected chi connectivity index (χ3v) is 4.17. The van der Waals surface area contributed by atoms with Crippen molar-refractivity contribution in [2.45, 2.75) is 32.2 Å². The highest BCUT2D eigenvalue weighted by atomic mass is 16.6. The number of guanidine groups is 1. The Morgan fingerprint density at radius 3 is 2.88 bits per heavy atom. The van der Waals surface area contributed by atoms with E-state index in [4.69, 9.17) is 13.9 Å². The molecule has 0 aliphatic carbocycles. The maximum Gasteiger partial charge on any atom is 0.409 e. The van der Waals surface area contributed by atoms with Gasteiger partial charge in [-0.1, -0.05) is 0 Å². The third-order valence-electron chi connectivity index (χ3n) is 4.17. The number of hydrogen-bond acceptors (Lipinski definition) is 5. The van der Waals surface area contributed by atoms with Gasteiger partial charge in [-0.15, -0.1) is 0 Å². The van der Waals surface area contributed by atoms with Crippen molar-refractivity contribution in [3.05, 3.63) is 24.2 Å². The van der Waals surface area contributed by atoms with Crippen LogP contribution in [0.25, 0.3) is 0 Å². The number of piperidine rings is 1. The number of furan rings is 1. The number of amides is 1. The van der Waals surface area contributed by atoms with Crippen LogP contribution in [-0.2, 0) is 15.9 Å². The first-order chi connectivity index (χ1) is 12.7. The van der Waals surface area contributed by atoms with E-state index in [2.05, 4.69) is 15.6 Å². The van der Waals surface area contributed by atoms with E-state index < -0.39 is 0 Å². The van der Waals surface area contributed by atoms with Crippen molar-refractivity contribution in [3.63, 3.8) is 0 Å². The summed E-state index contributed by atoms with van der Waals surface area (Å²) in [5.41, 5.74) is 0. The van der Waals surface area contributed by atoms with Gasteiger partial charge in [0.2, 0.25) is 0 Å². The molecule has 1 amide bonds. The number of nitrogens with zero attached hydrogens (tertiary/aromatic N) is 2. The van der Waals surface area contributed by atoms with Crippen LogP contribution >= 0.6 is 0 Å². The third kappa shape index (κ3) is 6.95. The zero-order valence-electron chi connectivity index (χ0n) is 15.7. The topological polar surface area (TPSA) is 88.3 Å². The maximum atomic E-state index is 11.8. The van der Waals surface area contributed by atoms with Gasteiger partial charge in [-0.05, 0) is 31.9 Å². The molecule has 2 heterocycles. The van der Waals surface area contributed by atoms with Gasteiger partial charge in [-0.2, -0.15) is 0 Å². The molecule has 1 aromatic rings. The molecular weight excluding hydrogens is 336 g/mol. The number of methoxy groups -OCH3 is 1. The quantitative estimate of drug-likeness (QED) is 0.413. The summed E-state index contributed by atoms with van der Waals surface area (Å²) in [6.45, 7) is 5.51. The van der Waals surface area contributed by atoms with Crippen LogP contribution in [0.2, 0.25) is 0 Å². The van der Waals surface area contributed by atoms with Gasteiger partial charge < -0.3 is 29.4 Å². The summed E-state index contributed by atoms with van der Waals surface area (Å²) in [4.78, 5) is 18.1. The molecule has 8 nitrogen and oxygen atoms in total. The number of rotatable bonds is 8. The van der Waals surface area contributed by atoms with Crippen molar-refractivity contribution in [1.82, 2.24) is 15.5 Å². The summed E-state index contributed by atoms with van der Waals surface area (Å²) in [6.07, 6.45) is 3.97. The minimum atomic E-state index is -0.225. The summed E-state index contributed by atoms with van der Waals surface area (Å²) in [6, 6.07) is 4.12. The Morgan fingerprint density at radius 1 is 1.42 bits per heavy atom. The van der Waals surface area contributed by atoms with Crippen molar-refractivity contribution < 1.29 is 18.7 Å². The molecular formula is C18H30N4O4. The average molecular weight is 366 g/mol. The summed E-state index contributed by atoms with van der Waals surface area (Å²) >= 11 is 0. The van der Waals surface area contributed by atoms with Crippen LogP contribution < -0.4 is 10.6 Å². The van der Waals surface area contributed by atoms with Gasteiger partial charge in [-0.3, -0.25) is 4.99 Å². The van der Waals surface area contributed by atoms with Crippen molar-refractivity contribution >= 4 is 12.1 Å². The predicted molar refractivity (Wildman–Crippen MR) is 99.3 cm³/mol. The first kappa shape index (κ1) is 20.1. The molecule has 0 spiro atoms. The van der Waals surface area contributed by atoms with Gasteiger partial charge in [0.15, 0.2) is 5.96 Å². The van der Waals surface area contributed by atoms with Gasteiger partial charge in [0.05, 0.1) is 26.0 Å². The van der Waals surface area contributed by atoms with Gasteiger partial charge in [0.1, 0.15) is 5.76 Å². The average Bonchev–Trinajstić information content (AvgIpc) is 3.16. The number of nitrogens with one attached hydrogen (secondary N) is 2. The first-order valence-corrected chi connectivity index (χ1v) is 9.20. The smallest absolute Gasteiger partial charge is 0.409 e. The Labute approximate surface area is 154 Å². The lowest BCUT2D eigenvalue weighted by molar-refractivity contribution is 0.0963. The van der Waals surface area contributed by atoms with E-state index in [1.165, 1.54) is 0 Å². The Morgan fingerprint density at radius 2 is 2.23 bits per heavy atom. The fourth-order valence-electron chi connectivity index (χ4n) is 2.77. The predicted octanol–water partition coefficient (Wildman–Crippen LogP) is 1.62. The molecule has 1 fully saturated rings. The molecule has 146 valence electrons. The minimum absolute atomic E-state index is 0.225. The lowest BCUT2D eigenvalue weighted by Gasteiger charge is -2.32. The fourth-order valence-corrected chi connectivity index (χ4v) is 2.77. The Bertz CT molecular complexity index is 539. The van der Waals surface area contributed by atoms with Crippen LogP contribution in [0, 0.1) is 0 Å². The minimum Gasteiger partial charge on any atom is -0.469 e. The van der Waals surface area contributed by atoms with Crippen LogP contribution in [0.5, 0.6) is 0 Å². The first-order valence-electron chi connectivity index (χ1n) is 9.20. The molecule has 1 aliphatic heterocycles. The monoisotopic (exact) mass is 366 g/mol. The molecule has 0 saturated carbocycles. The molecule has 1 aromatic heterocycles. The molecule has 0 unspecified atom stereocenters. The number of carbonyl (C=O) groups excluding carboxylic acids is 1. The van der Waals surface area contributed by atoms with Crippen molar-refractivity contribution in [3.8, 4) is 0 Å². The van der Waals surface area contributed by atoms with E-state index in [0.717, 1.165) is 37.5 Å². The van der Waals surface area contributed by atoms with Crippen LogP contribution in [-0.4, -0.2) is 69.5 Å². The fraction of sp³-hybridized carbons (Fsp3) is 0.667. The number of hydrogen-bond donors (Lipinski definition) is 2. The molecule has 1 saturated heterocycles. The highest BCUT2D eigenvalue weighted by molar-refractivity contribution is 5.80. The van der Waals surface area contributed by atoms with Crippen molar-refractivity contribution in [1.29, 1.82) is 0 Å². The van der Waals surface area contributed by atoms with E-state index >= 15 is 0 Å². The zero-order valence-corrected chi connectivity index (χ0v) is 15.7. The molecule has 1 aliphatic rings. The maximum absolute atomic E-state index is 11.8. The van der Waals surface area contributed by atoms with Gasteiger partial charge >= 0.3 is 6.09 Å². The largest absolute Gasteiger partial charge is 0.469 e. The summed E-state index contributed by atoms with van der Waals surface area (Å²) in [5, 5.41) is 6.80. The molecule has 0 aromatic carbocycles. The second-order valence-corrected chi connectivity index (χ2v) is 6.08. The molecule has 0 bridgehead atoms. The highest BCUT2D eigenvalue weighted by Crippen LogP contribution is 2.11. The Balaban J connectivity index is 1.78. The number of aliphatic imine (C=N–C) groups is 1. The van der Waals surface area contributed by atoms with Gasteiger partial charge in [0.25, 0.3) is 0 Å². The van der Waals surface area contributed by atoms with Crippen LogP contribution in [0.1, 0.15) is 25.5 Å². The Hall–Kier alpha value is -2.22. The summed E-state index contributed by atoms with van der Waals surface area (Å²) in [5.74, 6) is 1.71. The molecule has 0 radical (unpaired) electrons. The van der Waals surface area contributed by atoms with Crippen LogP contribution in [0.4, 0.5) is 4.79 Å². The Kier molecular flexibility index (Phi) is 8.82. The SMILES string of the molecule is CCOC(=O)N1CCC(NC(=NCCOC)NCCc2ccco2)CC1. The normalized spacial score (nSPS) is 15.8. The number of carbonyl (C=O) groups is 1. The zero-order chi connectivity index (χ0) is 18.6. The van der Waals surface area contributed by atoms with E-state index in [1.54, 1.807) is 18.3 Å². The molecule has 2 rings (SSSR count). The van der Waals surface area contributed by atoms with Gasteiger partial charge in [0, 0.05) is 39.2 Å². The lowest BCUT2D eigenvalue weighted by atomic mass is 10.1. The van der Waals surface area contributed by atoms with Crippen LogP contribution in [0.15, 0.2) is 27.8 Å². The second-order valence-electron chi connectivity index (χ2n) is 6.08. The number of ether oxygens (including phenoxy) is 2. The van der Waals surface area contributed by atoms with Crippen molar-refractivity contribution in [2.24, 2.45) is 4.99 Å². The molecule has 26 heavy (non-hydrogen) atoms. The molecule has 8 heteroatoms. The van der Waals surface area contributed by atoms with Crippen molar-refractivity contribution in [2.75, 3.05) is 46.5 Å². The lowest BCUT2D eigenvalue weighted by Crippen LogP contribution is -2.50. The van der Waals surface area contributed by atoms with E-state index in [-0.39, 0.29) is 12.1 Å². The molecule has 0 atom stereocenters. The summed E-state index contributed by atoms with van der Waals surface area (Å²) < 4.78 is 15.5. The van der Waals surface area contributed by atoms with Gasteiger partial charge in [-0.25, -0.2) is 4.79 Å². The highest BCUT2D eigenvalue weighted by Gasteiger charge is 2.24. The van der Waals surface area contributed by atoms with E-state index in [0.29, 0.717) is 32.8 Å². The van der Waals surface area contributed by atoms with E-state index in [9.17, 15) is 4.79 Å². The standard InChI is InChI=1S/C18H30N4O4/c1-3-25-18(23)22-11-7-15(8-12-22)21-17(20-10-14-24-2)19-9-6-16-5-4-13-26-16/h4-5,13,15H,3,6-12,14H2,1-2H3,(H2,19,20,21). The summed E-state index contributed by atoms with van der Waals surface area (Å²) in [7, 11) is 1.66. The number of likely N-dealkylation sites (tertiary alicyclic amines) is 1. The second kappa shape index (κ2) is 11.4. The van der Waals surface area contributed by atoms with Crippen LogP contribution in [0.3, 0.4) is 0 Å². The van der Waals surface area contributed by atoms with E-state index in [1.807, 2.05) is 19.1 Å².